The van der Waals surface area contributed by atoms with Gasteiger partial charge in [-0.3, -0.25) is 0 Å². The minimum Gasteiger partial charge on any atom is -0.497 e. The molecule has 1 fully saturated rings. The third-order valence-electron chi connectivity index (χ3n) is 4.68. The fourth-order valence-electron chi connectivity index (χ4n) is 3.33. The first-order valence-corrected chi connectivity index (χ1v) is 7.43. The Bertz CT molecular complexity index is 481. The van der Waals surface area contributed by atoms with Crippen LogP contribution in [0.25, 0.3) is 0 Å². The summed E-state index contributed by atoms with van der Waals surface area (Å²) >= 11 is 0. The number of ether oxygens (including phenoxy) is 2. The van der Waals surface area contributed by atoms with Gasteiger partial charge in [0, 0.05) is 25.1 Å². The number of nitrogens with zero attached hydrogens (tertiary/aromatic N) is 1. The van der Waals surface area contributed by atoms with Crippen molar-refractivity contribution in [1.29, 1.82) is 0 Å². The fraction of sp³-hybridized carbons (Fsp3) is 0.625. The number of rotatable bonds is 2. The van der Waals surface area contributed by atoms with Crippen LogP contribution < -0.4 is 9.47 Å². The third kappa shape index (κ3) is 2.38. The summed E-state index contributed by atoms with van der Waals surface area (Å²) in [4.78, 5) is 2.44. The smallest absolute Gasteiger partial charge is 0.126 e. The summed E-state index contributed by atoms with van der Waals surface area (Å²) in [5.74, 6) is 1.58. The lowest BCUT2D eigenvalue weighted by atomic mass is 9.81. The van der Waals surface area contributed by atoms with Crippen LogP contribution in [0.2, 0.25) is 0 Å². The number of methoxy groups -OCH3 is 1. The molecule has 4 heteroatoms. The van der Waals surface area contributed by atoms with Gasteiger partial charge in [0.25, 0.3) is 0 Å². The SMILES string of the molecule is CCN1CCC2(CC1)C[C@H](O)c1cc(OC)ccc1O2. The van der Waals surface area contributed by atoms with E-state index < -0.39 is 6.10 Å². The first-order chi connectivity index (χ1) is 9.65. The standard InChI is InChI=1S/C16H23NO3/c1-3-17-8-6-16(7-9-17)11-14(18)13-10-12(19-2)4-5-15(13)20-16/h4-5,10,14,18H,3,6-9,11H2,1-2H3/t14-/m0/s1. The summed E-state index contributed by atoms with van der Waals surface area (Å²) in [6.07, 6.45) is 2.21. The van der Waals surface area contributed by atoms with Crippen molar-refractivity contribution in [3.05, 3.63) is 23.8 Å². The molecule has 0 unspecified atom stereocenters. The highest BCUT2D eigenvalue weighted by molar-refractivity contribution is 5.43. The zero-order valence-corrected chi connectivity index (χ0v) is 12.3. The van der Waals surface area contributed by atoms with Crippen molar-refractivity contribution >= 4 is 0 Å². The molecule has 1 aromatic rings. The minimum atomic E-state index is -0.456. The zero-order valence-electron chi connectivity index (χ0n) is 12.3. The van der Waals surface area contributed by atoms with Crippen molar-refractivity contribution < 1.29 is 14.6 Å². The second-order valence-electron chi connectivity index (χ2n) is 5.84. The van der Waals surface area contributed by atoms with Crippen molar-refractivity contribution in [3.8, 4) is 11.5 Å². The lowest BCUT2D eigenvalue weighted by molar-refractivity contribution is -0.0532. The molecule has 0 aromatic heterocycles. The molecule has 0 bridgehead atoms. The molecule has 3 rings (SSSR count). The van der Waals surface area contributed by atoms with Crippen LogP contribution in [0.1, 0.15) is 37.9 Å². The molecule has 1 atom stereocenters. The molecule has 2 aliphatic heterocycles. The molecule has 2 heterocycles. The summed E-state index contributed by atoms with van der Waals surface area (Å²) in [7, 11) is 1.64. The highest BCUT2D eigenvalue weighted by Gasteiger charge is 2.42. The number of benzene rings is 1. The van der Waals surface area contributed by atoms with Gasteiger partial charge in [0.2, 0.25) is 0 Å². The Morgan fingerprint density at radius 2 is 2.15 bits per heavy atom. The minimum absolute atomic E-state index is 0.188. The maximum atomic E-state index is 10.5. The number of fused-ring (bicyclic) bond motifs is 1. The maximum Gasteiger partial charge on any atom is 0.126 e. The molecule has 20 heavy (non-hydrogen) atoms. The molecule has 1 saturated heterocycles. The molecule has 4 nitrogen and oxygen atoms in total. The van der Waals surface area contributed by atoms with Crippen LogP contribution >= 0.6 is 0 Å². The zero-order chi connectivity index (χ0) is 14.2. The van der Waals surface area contributed by atoms with Gasteiger partial charge in [-0.25, -0.2) is 0 Å². The number of piperidine rings is 1. The van der Waals surface area contributed by atoms with Crippen molar-refractivity contribution in [2.24, 2.45) is 0 Å². The Balaban J connectivity index is 1.82. The highest BCUT2D eigenvalue weighted by atomic mass is 16.5. The van der Waals surface area contributed by atoms with Crippen LogP contribution in [0.5, 0.6) is 11.5 Å². The number of hydrogen-bond acceptors (Lipinski definition) is 4. The van der Waals surface area contributed by atoms with Crippen molar-refractivity contribution in [2.75, 3.05) is 26.7 Å². The van der Waals surface area contributed by atoms with E-state index in [1.807, 2.05) is 18.2 Å². The van der Waals surface area contributed by atoms with E-state index in [-0.39, 0.29) is 5.60 Å². The van der Waals surface area contributed by atoms with Gasteiger partial charge in [-0.15, -0.1) is 0 Å². The molecule has 0 aliphatic carbocycles. The lowest BCUT2D eigenvalue weighted by Crippen LogP contribution is -2.50. The molecule has 1 N–H and O–H groups in total. The van der Waals surface area contributed by atoms with Crippen molar-refractivity contribution in [1.82, 2.24) is 4.90 Å². The molecule has 2 aliphatic rings. The van der Waals surface area contributed by atoms with E-state index in [1.165, 1.54) is 0 Å². The molecule has 0 amide bonds. The molecular weight excluding hydrogens is 254 g/mol. The van der Waals surface area contributed by atoms with Crippen LogP contribution in [0.4, 0.5) is 0 Å². The van der Waals surface area contributed by atoms with Crippen LogP contribution in [-0.4, -0.2) is 42.4 Å². The van der Waals surface area contributed by atoms with Gasteiger partial charge >= 0.3 is 0 Å². The van der Waals surface area contributed by atoms with Gasteiger partial charge in [-0.1, -0.05) is 6.92 Å². The lowest BCUT2D eigenvalue weighted by Gasteiger charge is -2.45. The van der Waals surface area contributed by atoms with E-state index in [9.17, 15) is 5.11 Å². The number of likely N-dealkylation sites (tertiary alicyclic amines) is 1. The summed E-state index contributed by atoms with van der Waals surface area (Å²) < 4.78 is 11.5. The van der Waals surface area contributed by atoms with Gasteiger partial charge < -0.3 is 19.5 Å². The molecule has 0 saturated carbocycles. The molecular formula is C16H23NO3. The normalized spacial score (nSPS) is 25.1. The summed E-state index contributed by atoms with van der Waals surface area (Å²) in [6.45, 7) is 5.38. The quantitative estimate of drug-likeness (QED) is 0.901. The van der Waals surface area contributed by atoms with Crippen LogP contribution in [-0.2, 0) is 0 Å². The predicted molar refractivity (Wildman–Crippen MR) is 77.3 cm³/mol. The Kier molecular flexibility index (Phi) is 3.61. The predicted octanol–water partition coefficient (Wildman–Crippen LogP) is 2.37. The second kappa shape index (κ2) is 5.26. The molecule has 0 radical (unpaired) electrons. The van der Waals surface area contributed by atoms with E-state index in [1.54, 1.807) is 7.11 Å². The summed E-state index contributed by atoms with van der Waals surface area (Å²) in [5.41, 5.74) is 0.667. The van der Waals surface area contributed by atoms with Gasteiger partial charge in [0.05, 0.1) is 13.2 Å². The average Bonchev–Trinajstić information content (AvgIpc) is 2.48. The largest absolute Gasteiger partial charge is 0.497 e. The number of aliphatic hydroxyl groups is 1. The Hall–Kier alpha value is -1.26. The Morgan fingerprint density at radius 1 is 1.40 bits per heavy atom. The summed E-state index contributed by atoms with van der Waals surface area (Å²) in [5, 5.41) is 10.5. The van der Waals surface area contributed by atoms with Crippen molar-refractivity contribution in [3.63, 3.8) is 0 Å². The molecule has 110 valence electrons. The first kappa shape index (κ1) is 13.7. The topological polar surface area (TPSA) is 41.9 Å². The molecule has 1 aromatic carbocycles. The van der Waals surface area contributed by atoms with Gasteiger partial charge in [0.1, 0.15) is 17.1 Å². The van der Waals surface area contributed by atoms with E-state index in [0.29, 0.717) is 6.42 Å². The molecule has 1 spiro atoms. The fourth-order valence-corrected chi connectivity index (χ4v) is 3.33. The number of aliphatic hydroxyl groups excluding tert-OH is 1. The van der Waals surface area contributed by atoms with Gasteiger partial charge in [-0.2, -0.15) is 0 Å². The average molecular weight is 277 g/mol. The van der Waals surface area contributed by atoms with Crippen molar-refractivity contribution in [2.45, 2.75) is 37.9 Å². The third-order valence-corrected chi connectivity index (χ3v) is 4.68. The Morgan fingerprint density at radius 3 is 2.80 bits per heavy atom. The van der Waals surface area contributed by atoms with Gasteiger partial charge in [0.15, 0.2) is 0 Å². The van der Waals surface area contributed by atoms with E-state index in [2.05, 4.69) is 11.8 Å². The second-order valence-corrected chi connectivity index (χ2v) is 5.84. The monoisotopic (exact) mass is 277 g/mol. The number of hydrogen-bond donors (Lipinski definition) is 1. The highest BCUT2D eigenvalue weighted by Crippen LogP contribution is 2.45. The van der Waals surface area contributed by atoms with Crippen LogP contribution in [0, 0.1) is 0 Å². The van der Waals surface area contributed by atoms with E-state index in [4.69, 9.17) is 9.47 Å². The van der Waals surface area contributed by atoms with Crippen LogP contribution in [0.3, 0.4) is 0 Å². The first-order valence-electron chi connectivity index (χ1n) is 7.43. The van der Waals surface area contributed by atoms with E-state index in [0.717, 1.165) is 49.5 Å². The maximum absolute atomic E-state index is 10.5. The van der Waals surface area contributed by atoms with Gasteiger partial charge in [-0.05, 0) is 37.6 Å². The van der Waals surface area contributed by atoms with Crippen LogP contribution in [0.15, 0.2) is 18.2 Å². The summed E-state index contributed by atoms with van der Waals surface area (Å²) in [6, 6.07) is 5.70. The Labute approximate surface area is 120 Å². The van der Waals surface area contributed by atoms with E-state index >= 15 is 0 Å².